The molecule has 1 aliphatic rings. The van der Waals surface area contributed by atoms with Gasteiger partial charge in [0.1, 0.15) is 6.04 Å². The third-order valence-electron chi connectivity index (χ3n) is 4.41. The fourth-order valence-corrected chi connectivity index (χ4v) is 3.54. The van der Waals surface area contributed by atoms with Gasteiger partial charge in [0.05, 0.1) is 13.2 Å². The second-order valence-corrected chi connectivity index (χ2v) is 11.7. The fraction of sp³-hybridized carbons (Fsp3) is 0.857. The van der Waals surface area contributed by atoms with Gasteiger partial charge < -0.3 is 14.1 Å². The molecule has 5 nitrogen and oxygen atoms in total. The summed E-state index contributed by atoms with van der Waals surface area (Å²) in [6.45, 7) is 12.8. The van der Waals surface area contributed by atoms with E-state index >= 15 is 0 Å². The van der Waals surface area contributed by atoms with Crippen molar-refractivity contribution < 1.29 is 18.8 Å². The van der Waals surface area contributed by atoms with Gasteiger partial charge >= 0.3 is 5.97 Å². The van der Waals surface area contributed by atoms with Crippen molar-refractivity contribution in [1.82, 2.24) is 4.90 Å². The second-order valence-electron chi connectivity index (χ2n) is 6.95. The van der Waals surface area contributed by atoms with Crippen molar-refractivity contribution in [3.05, 3.63) is 0 Å². The minimum Gasteiger partial charge on any atom is -0.467 e. The molecule has 20 heavy (non-hydrogen) atoms. The molecular formula is C14H27NO4Si. The Morgan fingerprint density at radius 1 is 1.25 bits per heavy atom. The lowest BCUT2D eigenvalue weighted by molar-refractivity contribution is -0.150. The first-order valence-electron chi connectivity index (χ1n) is 7.02. The van der Waals surface area contributed by atoms with Crippen LogP contribution in [0, 0.1) is 0 Å². The Labute approximate surface area is 122 Å². The molecule has 0 bridgehead atoms. The van der Waals surface area contributed by atoms with Crippen molar-refractivity contribution in [3.63, 3.8) is 0 Å². The molecule has 1 aliphatic heterocycles. The number of amides is 1. The topological polar surface area (TPSA) is 55.8 Å². The van der Waals surface area contributed by atoms with Crippen molar-refractivity contribution in [2.75, 3.05) is 13.7 Å². The highest BCUT2D eigenvalue weighted by atomic mass is 28.4. The van der Waals surface area contributed by atoms with E-state index in [2.05, 4.69) is 33.9 Å². The Hall–Kier alpha value is -0.883. The van der Waals surface area contributed by atoms with Crippen LogP contribution in [0.15, 0.2) is 0 Å². The average molecular weight is 301 g/mol. The van der Waals surface area contributed by atoms with Gasteiger partial charge in [-0.05, 0) is 18.1 Å². The van der Waals surface area contributed by atoms with Crippen molar-refractivity contribution in [1.29, 1.82) is 0 Å². The normalized spacial score (nSPS) is 23.9. The summed E-state index contributed by atoms with van der Waals surface area (Å²) in [5.41, 5.74) is 0. The number of carbonyl (C=O) groups excluding carboxylic acids is 2. The number of carbonyl (C=O) groups is 2. The summed E-state index contributed by atoms with van der Waals surface area (Å²) in [7, 11) is -0.549. The van der Waals surface area contributed by atoms with Crippen LogP contribution in [0.3, 0.4) is 0 Å². The van der Waals surface area contributed by atoms with E-state index in [4.69, 9.17) is 9.16 Å². The van der Waals surface area contributed by atoms with Gasteiger partial charge in [0.25, 0.3) is 0 Å². The fourth-order valence-electron chi connectivity index (χ4n) is 2.18. The van der Waals surface area contributed by atoms with Crippen LogP contribution in [0.5, 0.6) is 0 Å². The number of nitrogens with zero attached hydrogens (tertiary/aromatic N) is 1. The molecule has 1 heterocycles. The van der Waals surface area contributed by atoms with E-state index in [1.165, 1.54) is 14.0 Å². The molecule has 2 atom stereocenters. The number of esters is 1. The van der Waals surface area contributed by atoms with Gasteiger partial charge in [-0.15, -0.1) is 0 Å². The van der Waals surface area contributed by atoms with Gasteiger partial charge in [0.2, 0.25) is 5.91 Å². The highest BCUT2D eigenvalue weighted by Crippen LogP contribution is 2.38. The van der Waals surface area contributed by atoms with Crippen LogP contribution in [0.25, 0.3) is 0 Å². The molecule has 0 aromatic rings. The Morgan fingerprint density at radius 3 is 2.20 bits per heavy atom. The molecule has 1 rings (SSSR count). The molecule has 1 saturated heterocycles. The molecule has 0 spiro atoms. The van der Waals surface area contributed by atoms with Gasteiger partial charge in [0.15, 0.2) is 8.32 Å². The van der Waals surface area contributed by atoms with E-state index in [0.29, 0.717) is 13.0 Å². The quantitative estimate of drug-likeness (QED) is 0.592. The van der Waals surface area contributed by atoms with Crippen molar-refractivity contribution >= 4 is 20.2 Å². The van der Waals surface area contributed by atoms with Crippen LogP contribution in [-0.4, -0.2) is 50.9 Å². The molecule has 6 heteroatoms. The van der Waals surface area contributed by atoms with Gasteiger partial charge in [-0.3, -0.25) is 4.79 Å². The third-order valence-corrected chi connectivity index (χ3v) is 8.94. The zero-order valence-electron chi connectivity index (χ0n) is 13.6. The first-order valence-corrected chi connectivity index (χ1v) is 9.93. The van der Waals surface area contributed by atoms with Crippen LogP contribution in [-0.2, 0) is 18.8 Å². The predicted octanol–water partition coefficient (Wildman–Crippen LogP) is 2.17. The van der Waals surface area contributed by atoms with Gasteiger partial charge in [-0.1, -0.05) is 20.8 Å². The molecule has 0 unspecified atom stereocenters. The average Bonchev–Trinajstić information content (AvgIpc) is 2.69. The number of likely N-dealkylation sites (tertiary alicyclic amines) is 1. The zero-order valence-corrected chi connectivity index (χ0v) is 14.6. The van der Waals surface area contributed by atoms with Crippen LogP contribution >= 0.6 is 0 Å². The summed E-state index contributed by atoms with van der Waals surface area (Å²) in [6, 6.07) is -0.507. The molecular weight excluding hydrogens is 274 g/mol. The molecule has 0 N–H and O–H groups in total. The molecule has 1 amide bonds. The molecule has 0 radical (unpaired) electrons. The first kappa shape index (κ1) is 17.2. The summed E-state index contributed by atoms with van der Waals surface area (Å²) in [6.07, 6.45) is 0.447. The first-order chi connectivity index (χ1) is 8.99. The van der Waals surface area contributed by atoms with Crippen LogP contribution in [0.1, 0.15) is 34.1 Å². The Morgan fingerprint density at radius 2 is 1.80 bits per heavy atom. The molecule has 0 saturated carbocycles. The number of hydrogen-bond acceptors (Lipinski definition) is 4. The molecule has 116 valence electrons. The zero-order chi connectivity index (χ0) is 15.7. The number of methoxy groups -OCH3 is 1. The van der Waals surface area contributed by atoms with E-state index in [0.717, 1.165) is 0 Å². The summed E-state index contributed by atoms with van der Waals surface area (Å²) < 4.78 is 11.1. The van der Waals surface area contributed by atoms with Crippen LogP contribution in [0.2, 0.25) is 18.1 Å². The van der Waals surface area contributed by atoms with Gasteiger partial charge in [-0.25, -0.2) is 4.79 Å². The molecule has 1 fully saturated rings. The van der Waals surface area contributed by atoms with E-state index in [-0.39, 0.29) is 23.0 Å². The lowest BCUT2D eigenvalue weighted by atomic mass is 10.2. The molecule has 0 aliphatic carbocycles. The maximum absolute atomic E-state index is 11.8. The van der Waals surface area contributed by atoms with Crippen LogP contribution in [0.4, 0.5) is 0 Å². The van der Waals surface area contributed by atoms with Crippen molar-refractivity contribution in [2.24, 2.45) is 0 Å². The summed E-state index contributed by atoms with van der Waals surface area (Å²) >= 11 is 0. The van der Waals surface area contributed by atoms with Crippen molar-refractivity contribution in [3.8, 4) is 0 Å². The largest absolute Gasteiger partial charge is 0.467 e. The SMILES string of the molecule is COC(=O)[C@@H]1C[C@@H](O[Si](C)(C)C(C)(C)C)CN1C(C)=O. The van der Waals surface area contributed by atoms with E-state index < -0.39 is 14.4 Å². The van der Waals surface area contributed by atoms with Gasteiger partial charge in [-0.2, -0.15) is 0 Å². The minimum absolute atomic E-state index is 0.0797. The highest BCUT2D eigenvalue weighted by molar-refractivity contribution is 6.74. The molecule has 0 aromatic heterocycles. The second kappa shape index (κ2) is 5.85. The smallest absolute Gasteiger partial charge is 0.328 e. The number of hydrogen-bond donors (Lipinski definition) is 0. The van der Waals surface area contributed by atoms with E-state index in [1.807, 2.05) is 0 Å². The Balaban J connectivity index is 2.81. The number of rotatable bonds is 3. The van der Waals surface area contributed by atoms with Gasteiger partial charge in [0, 0.05) is 19.9 Å². The minimum atomic E-state index is -1.90. The summed E-state index contributed by atoms with van der Waals surface area (Å²) in [4.78, 5) is 25.0. The maximum Gasteiger partial charge on any atom is 0.328 e. The standard InChI is InChI=1S/C14H27NO4Si/c1-10(16)15-9-11(8-12(15)13(17)18-5)19-20(6,7)14(2,3)4/h11-12H,8-9H2,1-7H3/t11-,12+/m1/s1. The third kappa shape index (κ3) is 3.61. The predicted molar refractivity (Wildman–Crippen MR) is 79.9 cm³/mol. The summed E-state index contributed by atoms with van der Waals surface area (Å²) in [5, 5.41) is 0.109. The monoisotopic (exact) mass is 301 g/mol. The molecule has 0 aromatic carbocycles. The van der Waals surface area contributed by atoms with E-state index in [9.17, 15) is 9.59 Å². The van der Waals surface area contributed by atoms with Crippen molar-refractivity contribution in [2.45, 2.75) is 64.4 Å². The lowest BCUT2D eigenvalue weighted by Gasteiger charge is -2.38. The lowest BCUT2D eigenvalue weighted by Crippen LogP contribution is -2.44. The maximum atomic E-state index is 11.8. The Bertz CT molecular complexity index is 389. The van der Waals surface area contributed by atoms with E-state index in [1.54, 1.807) is 4.90 Å². The number of ether oxygens (including phenoxy) is 1. The van der Waals surface area contributed by atoms with Crippen LogP contribution < -0.4 is 0 Å². The highest BCUT2D eigenvalue weighted by Gasteiger charge is 2.45. The summed E-state index contributed by atoms with van der Waals surface area (Å²) in [5.74, 6) is -0.469. The Kier molecular flexibility index (Phi) is 5.02.